The van der Waals surface area contributed by atoms with Crippen LogP contribution in [0.4, 0.5) is 4.39 Å². The summed E-state index contributed by atoms with van der Waals surface area (Å²) in [6, 6.07) is 6.47. The maximum atomic E-state index is 14.3. The highest BCUT2D eigenvalue weighted by Crippen LogP contribution is 2.32. The molecule has 0 aromatic heterocycles. The lowest BCUT2D eigenvalue weighted by molar-refractivity contribution is -0.129. The lowest BCUT2D eigenvalue weighted by atomic mass is 9.91. The number of aliphatic hydroxyl groups is 1. The van der Waals surface area contributed by atoms with Gasteiger partial charge in [0, 0.05) is 25.0 Å². The molecule has 3 N–H and O–H groups in total. The minimum absolute atomic E-state index is 0.148. The van der Waals surface area contributed by atoms with Gasteiger partial charge in [-0.1, -0.05) is 18.2 Å². The van der Waals surface area contributed by atoms with Gasteiger partial charge in [0.1, 0.15) is 5.82 Å². The van der Waals surface area contributed by atoms with E-state index in [2.05, 4.69) is 10.6 Å². The molecule has 1 aromatic rings. The van der Waals surface area contributed by atoms with Gasteiger partial charge in [-0.25, -0.2) is 4.39 Å². The van der Waals surface area contributed by atoms with Gasteiger partial charge in [-0.2, -0.15) is 0 Å². The highest BCUT2D eigenvalue weighted by atomic mass is 19.1. The topological polar surface area (TPSA) is 73.8 Å². The van der Waals surface area contributed by atoms with E-state index in [1.165, 1.54) is 6.07 Å². The van der Waals surface area contributed by atoms with Gasteiger partial charge in [0.05, 0.1) is 23.5 Å². The van der Waals surface area contributed by atoms with E-state index in [4.69, 9.17) is 4.74 Å². The van der Waals surface area contributed by atoms with Crippen LogP contribution < -0.4 is 10.6 Å². The van der Waals surface area contributed by atoms with Crippen LogP contribution in [0.5, 0.6) is 0 Å². The summed E-state index contributed by atoms with van der Waals surface area (Å²) >= 11 is 0. The molecule has 0 aliphatic carbocycles. The number of aliphatic hydroxyl groups excluding tert-OH is 1. The Bertz CT molecular complexity index is 828. The SMILES string of the molecule is O=C(NC1(CO)CCOCC1)C1NC(c2ccccc2F)=C2C=CC=CN21. The number of allylic oxidation sites excluding steroid dienone is 3. The molecule has 1 aromatic carbocycles. The zero-order chi connectivity index (χ0) is 18.9. The van der Waals surface area contributed by atoms with Crippen LogP contribution in [0.3, 0.4) is 0 Å². The highest BCUT2D eigenvalue weighted by molar-refractivity contribution is 5.88. The number of nitrogens with one attached hydrogen (secondary N) is 2. The third kappa shape index (κ3) is 3.24. The summed E-state index contributed by atoms with van der Waals surface area (Å²) in [7, 11) is 0. The molecule has 0 spiro atoms. The second-order valence-electron chi connectivity index (χ2n) is 6.93. The van der Waals surface area contributed by atoms with Crippen molar-refractivity contribution in [3.05, 3.63) is 65.8 Å². The number of nitrogens with zero attached hydrogens (tertiary/aromatic N) is 1. The van der Waals surface area contributed by atoms with Gasteiger partial charge in [-0.15, -0.1) is 0 Å². The molecule has 0 bridgehead atoms. The average Bonchev–Trinajstić information content (AvgIpc) is 3.09. The number of fused-ring (bicyclic) bond motifs is 1. The van der Waals surface area contributed by atoms with E-state index in [0.29, 0.717) is 37.3 Å². The first-order valence-electron chi connectivity index (χ1n) is 9.03. The van der Waals surface area contributed by atoms with Crippen molar-refractivity contribution in [2.75, 3.05) is 19.8 Å². The van der Waals surface area contributed by atoms with E-state index in [0.717, 1.165) is 5.70 Å². The monoisotopic (exact) mass is 371 g/mol. The van der Waals surface area contributed by atoms with Crippen molar-refractivity contribution in [3.63, 3.8) is 0 Å². The molecule has 1 saturated heterocycles. The first-order valence-corrected chi connectivity index (χ1v) is 9.03. The normalized spacial score (nSPS) is 23.2. The molecule has 3 heterocycles. The Hall–Kier alpha value is -2.64. The number of benzene rings is 1. The molecule has 6 nitrogen and oxygen atoms in total. The lowest BCUT2D eigenvalue weighted by Crippen LogP contribution is -2.60. The summed E-state index contributed by atoms with van der Waals surface area (Å²) in [5, 5.41) is 16.0. The molecule has 1 atom stereocenters. The van der Waals surface area contributed by atoms with Crippen molar-refractivity contribution in [1.82, 2.24) is 15.5 Å². The van der Waals surface area contributed by atoms with E-state index < -0.39 is 11.7 Å². The molecule has 1 amide bonds. The number of ether oxygens (including phenoxy) is 1. The van der Waals surface area contributed by atoms with E-state index >= 15 is 0 Å². The van der Waals surface area contributed by atoms with Crippen molar-refractivity contribution >= 4 is 11.6 Å². The van der Waals surface area contributed by atoms with Crippen LogP contribution in [0.25, 0.3) is 5.70 Å². The molecule has 3 aliphatic heterocycles. The zero-order valence-corrected chi connectivity index (χ0v) is 14.8. The Morgan fingerprint density at radius 3 is 2.85 bits per heavy atom. The van der Waals surface area contributed by atoms with Gasteiger partial charge in [-0.05, 0) is 37.1 Å². The predicted molar refractivity (Wildman–Crippen MR) is 98.4 cm³/mol. The number of carbonyl (C=O) groups excluding carboxylic acids is 1. The van der Waals surface area contributed by atoms with Crippen LogP contribution in [-0.2, 0) is 9.53 Å². The van der Waals surface area contributed by atoms with Crippen LogP contribution >= 0.6 is 0 Å². The van der Waals surface area contributed by atoms with Crippen LogP contribution in [0.15, 0.2) is 54.4 Å². The fraction of sp³-hybridized carbons (Fsp3) is 0.350. The van der Waals surface area contributed by atoms with Crippen molar-refractivity contribution < 1.29 is 19.0 Å². The summed E-state index contributed by atoms with van der Waals surface area (Å²) in [5.74, 6) is -0.623. The van der Waals surface area contributed by atoms with Crippen molar-refractivity contribution in [1.29, 1.82) is 0 Å². The Balaban J connectivity index is 1.60. The largest absolute Gasteiger partial charge is 0.394 e. The third-order valence-corrected chi connectivity index (χ3v) is 5.24. The maximum Gasteiger partial charge on any atom is 0.264 e. The van der Waals surface area contributed by atoms with Gasteiger partial charge in [0.15, 0.2) is 6.17 Å². The minimum Gasteiger partial charge on any atom is -0.394 e. The summed E-state index contributed by atoms with van der Waals surface area (Å²) in [6.45, 7) is 0.843. The molecule has 0 radical (unpaired) electrons. The quantitative estimate of drug-likeness (QED) is 0.748. The number of carbonyl (C=O) groups is 1. The van der Waals surface area contributed by atoms with Crippen LogP contribution in [0.1, 0.15) is 18.4 Å². The van der Waals surface area contributed by atoms with Crippen LogP contribution in [0.2, 0.25) is 0 Å². The number of halogens is 1. The second-order valence-corrected chi connectivity index (χ2v) is 6.93. The molecular formula is C20H22FN3O3. The molecule has 1 unspecified atom stereocenters. The molecule has 4 rings (SSSR count). The fourth-order valence-electron chi connectivity index (χ4n) is 3.66. The molecular weight excluding hydrogens is 349 g/mol. The Labute approximate surface area is 157 Å². The van der Waals surface area contributed by atoms with Gasteiger partial charge in [0.2, 0.25) is 0 Å². The number of hydrogen-bond acceptors (Lipinski definition) is 5. The van der Waals surface area contributed by atoms with Crippen molar-refractivity contribution in [2.45, 2.75) is 24.5 Å². The first kappa shape index (κ1) is 17.8. The summed E-state index contributed by atoms with van der Waals surface area (Å²) < 4.78 is 19.7. The highest BCUT2D eigenvalue weighted by Gasteiger charge is 2.40. The molecule has 0 saturated carbocycles. The number of amides is 1. The molecule has 142 valence electrons. The summed E-state index contributed by atoms with van der Waals surface area (Å²) in [6.07, 6.45) is 7.70. The number of rotatable bonds is 4. The Kier molecular flexibility index (Phi) is 4.72. The van der Waals surface area contributed by atoms with Gasteiger partial charge < -0.3 is 25.4 Å². The third-order valence-electron chi connectivity index (χ3n) is 5.24. The van der Waals surface area contributed by atoms with E-state index in [9.17, 15) is 14.3 Å². The van der Waals surface area contributed by atoms with E-state index in [-0.39, 0.29) is 18.3 Å². The smallest absolute Gasteiger partial charge is 0.264 e. The standard InChI is InChI=1S/C20H22FN3O3/c21-15-6-2-1-5-14(15)17-16-7-3-4-10-24(16)18(22-17)19(26)23-20(13-25)8-11-27-12-9-20/h1-7,10,18,22,25H,8-9,11-13H2,(H,23,26). The van der Waals surface area contributed by atoms with Gasteiger partial charge in [-0.3, -0.25) is 4.79 Å². The van der Waals surface area contributed by atoms with Crippen molar-refractivity contribution in [3.8, 4) is 0 Å². The predicted octanol–water partition coefficient (Wildman–Crippen LogP) is 1.47. The van der Waals surface area contributed by atoms with Gasteiger partial charge in [0.25, 0.3) is 5.91 Å². The van der Waals surface area contributed by atoms with Crippen LogP contribution in [0, 0.1) is 5.82 Å². The minimum atomic E-state index is -0.720. The Morgan fingerprint density at radius 2 is 2.11 bits per heavy atom. The second kappa shape index (κ2) is 7.17. The molecule has 1 fully saturated rings. The zero-order valence-electron chi connectivity index (χ0n) is 14.8. The first-order chi connectivity index (χ1) is 13.1. The van der Waals surface area contributed by atoms with Crippen LogP contribution in [-0.4, -0.2) is 47.4 Å². The van der Waals surface area contributed by atoms with Crippen molar-refractivity contribution in [2.24, 2.45) is 0 Å². The summed E-state index contributed by atoms with van der Waals surface area (Å²) in [5.41, 5.74) is 1.02. The Morgan fingerprint density at radius 1 is 1.33 bits per heavy atom. The molecule has 27 heavy (non-hydrogen) atoms. The maximum absolute atomic E-state index is 14.3. The van der Waals surface area contributed by atoms with E-state index in [1.54, 1.807) is 29.3 Å². The molecule has 7 heteroatoms. The fourth-order valence-corrected chi connectivity index (χ4v) is 3.66. The van der Waals surface area contributed by atoms with Gasteiger partial charge >= 0.3 is 0 Å². The molecule has 3 aliphatic rings. The summed E-state index contributed by atoms with van der Waals surface area (Å²) in [4.78, 5) is 14.8. The lowest BCUT2D eigenvalue weighted by Gasteiger charge is -2.38. The van der Waals surface area contributed by atoms with E-state index in [1.807, 2.05) is 18.2 Å². The average molecular weight is 371 g/mol. The number of hydrogen-bond donors (Lipinski definition) is 3.